The lowest BCUT2D eigenvalue weighted by Gasteiger charge is -1.96. The number of aromatic amines is 1. The molecule has 1 N–H and O–H groups in total. The fraction of sp³-hybridized carbons (Fsp3) is 0. The molecule has 0 atom stereocenters. The van der Waals surface area contributed by atoms with Gasteiger partial charge in [-0.05, 0) is 23.4 Å². The summed E-state index contributed by atoms with van der Waals surface area (Å²) < 4.78 is 13.9. The number of hydrogen-bond acceptors (Lipinski definition) is 3. The molecular weight excluding hydrogens is 274 g/mol. The van der Waals surface area contributed by atoms with Crippen LogP contribution in [0.25, 0.3) is 11.4 Å². The van der Waals surface area contributed by atoms with E-state index < -0.39 is 0 Å². The molecule has 2 rings (SSSR count). The zero-order valence-electron chi connectivity index (χ0n) is 6.74. The second kappa shape index (κ2) is 4.47. The van der Waals surface area contributed by atoms with E-state index in [1.165, 1.54) is 6.07 Å². The maximum Gasteiger partial charge on any atom is 0.207 e. The van der Waals surface area contributed by atoms with Gasteiger partial charge in [-0.3, -0.25) is 0 Å². The van der Waals surface area contributed by atoms with Crippen molar-refractivity contribution < 1.29 is 4.39 Å². The molecule has 0 amide bonds. The van der Waals surface area contributed by atoms with Crippen molar-refractivity contribution in [3.63, 3.8) is 0 Å². The molecule has 0 saturated carbocycles. The molecule has 7 heteroatoms. The Labute approximate surface area is 93.4 Å². The Morgan fingerprint density at radius 2 is 2.14 bits per heavy atom. The Balaban J connectivity index is 0.000000980. The normalized spacial score (nSPS) is 9.57. The van der Waals surface area contributed by atoms with Gasteiger partial charge in [0.25, 0.3) is 0 Å². The second-order valence-corrected chi connectivity index (χ2v) is 3.28. The Hall–Kier alpha value is -1.01. The van der Waals surface area contributed by atoms with Crippen LogP contribution in [0.3, 0.4) is 0 Å². The van der Waals surface area contributed by atoms with Gasteiger partial charge < -0.3 is 0 Å². The van der Waals surface area contributed by atoms with Crippen LogP contribution >= 0.6 is 28.3 Å². The van der Waals surface area contributed by atoms with Gasteiger partial charge in [-0.15, -0.1) is 22.6 Å². The topological polar surface area (TPSA) is 54.5 Å². The fourth-order valence-corrected chi connectivity index (χ4v) is 1.28. The summed E-state index contributed by atoms with van der Waals surface area (Å²) in [6.07, 6.45) is 0. The summed E-state index contributed by atoms with van der Waals surface area (Å²) in [5.41, 5.74) is 0.331. The number of hydrogen-bond donors (Lipinski definition) is 1. The summed E-state index contributed by atoms with van der Waals surface area (Å²) in [6.45, 7) is 0. The number of nitrogens with one attached hydrogen (secondary N) is 1. The van der Waals surface area contributed by atoms with Crippen LogP contribution in [0.15, 0.2) is 22.7 Å². The van der Waals surface area contributed by atoms with Gasteiger partial charge in [0.2, 0.25) is 5.82 Å². The monoisotopic (exact) mass is 278 g/mol. The molecule has 0 saturated heterocycles. The van der Waals surface area contributed by atoms with Gasteiger partial charge in [-0.2, -0.15) is 5.21 Å². The molecule has 1 aromatic heterocycles. The molecule has 2 aromatic rings. The summed E-state index contributed by atoms with van der Waals surface area (Å²) >= 11 is 3.16. The molecule has 0 aliphatic rings. The largest absolute Gasteiger partial charge is 0.207 e. The number of halogens is 3. The SMILES string of the molecule is Cl.Fc1cc(Br)ccc1-c1nn[nH]n1. The first-order chi connectivity index (χ1) is 6.27. The van der Waals surface area contributed by atoms with Crippen molar-refractivity contribution in [2.45, 2.75) is 0 Å². The van der Waals surface area contributed by atoms with Crippen LogP contribution < -0.4 is 0 Å². The van der Waals surface area contributed by atoms with Crippen LogP contribution in [0.4, 0.5) is 4.39 Å². The van der Waals surface area contributed by atoms with Crippen LogP contribution in [0.1, 0.15) is 0 Å². The number of nitrogens with zero attached hydrogens (tertiary/aromatic N) is 3. The number of rotatable bonds is 1. The Morgan fingerprint density at radius 3 is 2.71 bits per heavy atom. The van der Waals surface area contributed by atoms with Crippen molar-refractivity contribution in [2.24, 2.45) is 0 Å². The van der Waals surface area contributed by atoms with Crippen molar-refractivity contribution >= 4 is 28.3 Å². The van der Waals surface area contributed by atoms with E-state index in [1.54, 1.807) is 12.1 Å². The smallest absolute Gasteiger partial charge is 0.206 e. The zero-order valence-corrected chi connectivity index (χ0v) is 9.14. The molecule has 0 unspecified atom stereocenters. The first-order valence-electron chi connectivity index (χ1n) is 3.46. The maximum absolute atomic E-state index is 13.3. The average molecular weight is 280 g/mol. The quantitative estimate of drug-likeness (QED) is 0.870. The summed E-state index contributed by atoms with van der Waals surface area (Å²) in [7, 11) is 0. The van der Waals surface area contributed by atoms with E-state index in [0.29, 0.717) is 10.0 Å². The third kappa shape index (κ3) is 2.08. The van der Waals surface area contributed by atoms with E-state index in [4.69, 9.17) is 0 Å². The van der Waals surface area contributed by atoms with Crippen molar-refractivity contribution in [3.05, 3.63) is 28.5 Å². The molecular formula is C7H5BrClFN4. The molecule has 74 valence electrons. The third-order valence-corrected chi connectivity index (χ3v) is 2.01. The van der Waals surface area contributed by atoms with Gasteiger partial charge in [0.1, 0.15) is 5.82 Å². The van der Waals surface area contributed by atoms with Gasteiger partial charge in [-0.1, -0.05) is 15.9 Å². The Morgan fingerprint density at radius 1 is 1.36 bits per heavy atom. The lowest BCUT2D eigenvalue weighted by Crippen LogP contribution is -1.86. The highest BCUT2D eigenvalue weighted by Crippen LogP contribution is 2.21. The maximum atomic E-state index is 13.3. The molecule has 0 bridgehead atoms. The Kier molecular flexibility index (Phi) is 3.54. The van der Waals surface area contributed by atoms with Crippen LogP contribution in [0.5, 0.6) is 0 Å². The van der Waals surface area contributed by atoms with Crippen molar-refractivity contribution in [3.8, 4) is 11.4 Å². The minimum absolute atomic E-state index is 0. The van der Waals surface area contributed by atoms with Gasteiger partial charge in [0.05, 0.1) is 5.56 Å². The second-order valence-electron chi connectivity index (χ2n) is 2.36. The zero-order chi connectivity index (χ0) is 9.26. The predicted molar refractivity (Wildman–Crippen MR) is 54.5 cm³/mol. The summed E-state index contributed by atoms with van der Waals surface area (Å²) in [4.78, 5) is 0. The number of benzene rings is 1. The Bertz CT molecular complexity index is 420. The minimum atomic E-state index is -0.379. The summed E-state index contributed by atoms with van der Waals surface area (Å²) in [5.74, 6) is -0.124. The standard InChI is InChI=1S/C7H4BrFN4.ClH/c8-4-1-2-5(6(9)3-4)7-10-12-13-11-7;/h1-3H,(H,10,11,12,13);1H. The van der Waals surface area contributed by atoms with E-state index in [1.807, 2.05) is 0 Å². The number of aromatic nitrogens is 4. The molecule has 14 heavy (non-hydrogen) atoms. The minimum Gasteiger partial charge on any atom is -0.206 e. The van der Waals surface area contributed by atoms with Gasteiger partial charge in [0, 0.05) is 4.47 Å². The highest BCUT2D eigenvalue weighted by atomic mass is 79.9. The molecule has 1 heterocycles. The van der Waals surface area contributed by atoms with Gasteiger partial charge in [-0.25, -0.2) is 4.39 Å². The number of H-pyrrole nitrogens is 1. The van der Waals surface area contributed by atoms with Crippen LogP contribution in [-0.2, 0) is 0 Å². The van der Waals surface area contributed by atoms with Crippen molar-refractivity contribution in [2.75, 3.05) is 0 Å². The van der Waals surface area contributed by atoms with Crippen molar-refractivity contribution in [1.29, 1.82) is 0 Å². The summed E-state index contributed by atoms with van der Waals surface area (Å²) in [6, 6.07) is 4.66. The number of tetrazole rings is 1. The summed E-state index contributed by atoms with van der Waals surface area (Å²) in [5, 5.41) is 13.0. The molecule has 0 aliphatic carbocycles. The van der Waals surface area contributed by atoms with E-state index >= 15 is 0 Å². The highest BCUT2D eigenvalue weighted by molar-refractivity contribution is 9.10. The van der Waals surface area contributed by atoms with Gasteiger partial charge in [0.15, 0.2) is 0 Å². The molecule has 0 radical (unpaired) electrons. The van der Waals surface area contributed by atoms with E-state index in [0.717, 1.165) is 0 Å². The fourth-order valence-electron chi connectivity index (χ4n) is 0.947. The third-order valence-electron chi connectivity index (χ3n) is 1.52. The van der Waals surface area contributed by atoms with Crippen molar-refractivity contribution in [1.82, 2.24) is 20.6 Å². The van der Waals surface area contributed by atoms with Crippen LogP contribution in [0.2, 0.25) is 0 Å². The molecule has 1 aromatic carbocycles. The van der Waals surface area contributed by atoms with E-state index in [2.05, 4.69) is 36.6 Å². The lowest BCUT2D eigenvalue weighted by molar-refractivity contribution is 0.629. The molecule has 0 spiro atoms. The molecule has 0 aliphatic heterocycles. The molecule has 4 nitrogen and oxygen atoms in total. The molecule has 0 fully saturated rings. The van der Waals surface area contributed by atoms with E-state index in [-0.39, 0.29) is 24.0 Å². The van der Waals surface area contributed by atoms with E-state index in [9.17, 15) is 4.39 Å². The average Bonchev–Trinajstić information content (AvgIpc) is 2.56. The first-order valence-corrected chi connectivity index (χ1v) is 4.25. The van der Waals surface area contributed by atoms with Crippen LogP contribution in [0, 0.1) is 5.82 Å². The first kappa shape index (κ1) is 11.1. The highest BCUT2D eigenvalue weighted by Gasteiger charge is 2.08. The van der Waals surface area contributed by atoms with Crippen LogP contribution in [-0.4, -0.2) is 20.6 Å². The lowest BCUT2D eigenvalue weighted by atomic mass is 10.2. The predicted octanol–water partition coefficient (Wildman–Crippen LogP) is 2.19. The van der Waals surface area contributed by atoms with Gasteiger partial charge >= 0.3 is 0 Å².